The van der Waals surface area contributed by atoms with Gasteiger partial charge in [-0.25, -0.2) is 0 Å². The van der Waals surface area contributed by atoms with Gasteiger partial charge >= 0.3 is 0 Å². The molecule has 0 radical (unpaired) electrons. The summed E-state index contributed by atoms with van der Waals surface area (Å²) in [7, 11) is 1.76. The second-order valence-electron chi connectivity index (χ2n) is 1.75. The molecular weight excluding hydrogens is 126 g/mol. The number of hydrogen-bond donors (Lipinski definition) is 1. The molecule has 10 heavy (non-hydrogen) atoms. The first kappa shape index (κ1) is 8.69. The van der Waals surface area contributed by atoms with Crippen molar-refractivity contribution in [1.82, 2.24) is 5.32 Å². The first-order valence-electron chi connectivity index (χ1n) is 2.90. The summed E-state index contributed by atoms with van der Waals surface area (Å²) in [5.74, 6) is 0. The Morgan fingerprint density at radius 3 is 2.50 bits per heavy atom. The van der Waals surface area contributed by atoms with Crippen LogP contribution in [0.3, 0.4) is 0 Å². The molecule has 0 heterocycles. The second kappa shape index (κ2) is 4.56. The number of carbonyl (C=O) groups excluding carboxylic acids is 1. The van der Waals surface area contributed by atoms with Gasteiger partial charge in [-0.1, -0.05) is 13.2 Å². The summed E-state index contributed by atoms with van der Waals surface area (Å²) in [5, 5.41) is 2.84. The van der Waals surface area contributed by atoms with E-state index in [9.17, 15) is 4.79 Å². The van der Waals surface area contributed by atoms with Crippen LogP contribution in [0.1, 0.15) is 0 Å². The fourth-order valence-corrected chi connectivity index (χ4v) is 0.467. The maximum atomic E-state index is 10.1. The van der Waals surface area contributed by atoms with Crippen LogP contribution in [-0.2, 0) is 4.79 Å². The third-order valence-corrected chi connectivity index (χ3v) is 1.00. The molecule has 0 atom stereocenters. The van der Waals surface area contributed by atoms with E-state index in [2.05, 4.69) is 18.5 Å². The predicted octanol–water partition coefficient (Wildman–Crippen LogP) is 1.03. The van der Waals surface area contributed by atoms with Crippen LogP contribution >= 0.6 is 0 Å². The number of allylic oxidation sites excluding steroid dienone is 3. The highest BCUT2D eigenvalue weighted by atomic mass is 16.1. The van der Waals surface area contributed by atoms with E-state index in [-0.39, 0.29) is 0 Å². The lowest BCUT2D eigenvalue weighted by Crippen LogP contribution is -2.02. The van der Waals surface area contributed by atoms with Gasteiger partial charge in [0.05, 0.1) is 0 Å². The largest absolute Gasteiger partial charge is 0.388 e. The molecule has 0 fully saturated rings. The molecule has 0 aliphatic carbocycles. The van der Waals surface area contributed by atoms with Crippen molar-refractivity contribution in [2.75, 3.05) is 7.05 Å². The summed E-state index contributed by atoms with van der Waals surface area (Å²) >= 11 is 0. The molecule has 0 aliphatic rings. The first-order chi connectivity index (χ1) is 4.74. The van der Waals surface area contributed by atoms with Crippen molar-refractivity contribution in [3.05, 3.63) is 36.6 Å². The Bertz CT molecular complexity index is 180. The van der Waals surface area contributed by atoms with E-state index < -0.39 is 0 Å². The van der Waals surface area contributed by atoms with Crippen molar-refractivity contribution >= 4 is 6.29 Å². The normalized spacial score (nSPS) is 10.3. The number of hydrogen-bond acceptors (Lipinski definition) is 2. The van der Waals surface area contributed by atoms with E-state index in [0.29, 0.717) is 11.9 Å². The highest BCUT2D eigenvalue weighted by Gasteiger charge is 1.86. The molecule has 0 saturated carbocycles. The minimum atomic E-state index is 0.434. The Kier molecular flexibility index (Phi) is 3.96. The third-order valence-electron chi connectivity index (χ3n) is 1.00. The number of nitrogens with one attached hydrogen (secondary N) is 1. The third kappa shape index (κ3) is 2.87. The lowest BCUT2D eigenvalue weighted by molar-refractivity contribution is -0.104. The molecule has 0 aromatic heterocycles. The second-order valence-corrected chi connectivity index (χ2v) is 1.75. The molecule has 1 N–H and O–H groups in total. The highest BCUT2D eigenvalue weighted by Crippen LogP contribution is 1.94. The molecule has 0 aliphatic heterocycles. The van der Waals surface area contributed by atoms with Gasteiger partial charge in [0.1, 0.15) is 6.29 Å². The Labute approximate surface area is 60.9 Å². The zero-order valence-electron chi connectivity index (χ0n) is 6.05. The van der Waals surface area contributed by atoms with Gasteiger partial charge in [-0.15, -0.1) is 0 Å². The van der Waals surface area contributed by atoms with E-state index in [0.717, 1.165) is 5.70 Å². The van der Waals surface area contributed by atoms with Gasteiger partial charge in [0.15, 0.2) is 0 Å². The quantitative estimate of drug-likeness (QED) is 0.356. The lowest BCUT2D eigenvalue weighted by atomic mass is 10.2. The van der Waals surface area contributed by atoms with Crippen LogP contribution in [-0.4, -0.2) is 13.3 Å². The molecule has 0 spiro atoms. The summed E-state index contributed by atoms with van der Waals surface area (Å²) in [5.41, 5.74) is 1.22. The highest BCUT2D eigenvalue weighted by molar-refractivity contribution is 5.76. The minimum absolute atomic E-state index is 0.434. The van der Waals surface area contributed by atoms with Gasteiger partial charge in [-0.05, 0) is 12.2 Å². The Balaban J connectivity index is 4.23. The van der Waals surface area contributed by atoms with Crippen molar-refractivity contribution in [3.8, 4) is 0 Å². The van der Waals surface area contributed by atoms with E-state index in [4.69, 9.17) is 0 Å². The SMILES string of the molecule is C=C/C(=C\C(=C)C=O)NC. The van der Waals surface area contributed by atoms with Gasteiger partial charge in [0, 0.05) is 18.3 Å². The maximum Gasteiger partial charge on any atom is 0.149 e. The number of carbonyl (C=O) groups is 1. The van der Waals surface area contributed by atoms with Gasteiger partial charge in [0.2, 0.25) is 0 Å². The first-order valence-corrected chi connectivity index (χ1v) is 2.90. The molecular formula is C8H11NO. The standard InChI is InChI=1S/C8H11NO/c1-4-8(9-3)5-7(2)6-10/h4-6,9H,1-2H2,3H3/b8-5+. The van der Waals surface area contributed by atoms with Crippen molar-refractivity contribution < 1.29 is 4.79 Å². The van der Waals surface area contributed by atoms with Crippen molar-refractivity contribution in [3.63, 3.8) is 0 Å². The van der Waals surface area contributed by atoms with Crippen molar-refractivity contribution in [1.29, 1.82) is 0 Å². The molecule has 0 unspecified atom stereocenters. The zero-order valence-corrected chi connectivity index (χ0v) is 6.05. The van der Waals surface area contributed by atoms with Crippen molar-refractivity contribution in [2.24, 2.45) is 0 Å². The molecule has 2 heteroatoms. The summed E-state index contributed by atoms with van der Waals surface area (Å²) in [4.78, 5) is 10.1. The Morgan fingerprint density at radius 1 is 1.60 bits per heavy atom. The Morgan fingerprint density at radius 2 is 2.20 bits per heavy atom. The van der Waals surface area contributed by atoms with Gasteiger partial charge in [-0.2, -0.15) is 0 Å². The molecule has 2 nitrogen and oxygen atoms in total. The topological polar surface area (TPSA) is 29.1 Å². The lowest BCUT2D eigenvalue weighted by Gasteiger charge is -1.97. The van der Waals surface area contributed by atoms with Gasteiger partial charge in [-0.3, -0.25) is 4.79 Å². The summed E-state index contributed by atoms with van der Waals surface area (Å²) in [6.45, 7) is 7.01. The fourth-order valence-electron chi connectivity index (χ4n) is 0.467. The van der Waals surface area contributed by atoms with E-state index >= 15 is 0 Å². The average molecular weight is 137 g/mol. The van der Waals surface area contributed by atoms with Crippen LogP contribution in [0.2, 0.25) is 0 Å². The van der Waals surface area contributed by atoms with Crippen LogP contribution in [0.5, 0.6) is 0 Å². The number of aldehydes is 1. The number of rotatable bonds is 4. The fraction of sp³-hybridized carbons (Fsp3) is 0.125. The van der Waals surface area contributed by atoms with Gasteiger partial charge < -0.3 is 5.32 Å². The summed E-state index contributed by atoms with van der Waals surface area (Å²) in [6, 6.07) is 0. The van der Waals surface area contributed by atoms with Crippen LogP contribution in [0, 0.1) is 0 Å². The molecule has 0 aromatic rings. The molecule has 0 rings (SSSR count). The Hall–Kier alpha value is -1.31. The molecule has 54 valence electrons. The molecule has 0 amide bonds. The van der Waals surface area contributed by atoms with Crippen LogP contribution in [0.4, 0.5) is 0 Å². The predicted molar refractivity (Wildman–Crippen MR) is 42.5 cm³/mol. The summed E-state index contributed by atoms with van der Waals surface area (Å²) in [6.07, 6.45) is 3.94. The smallest absolute Gasteiger partial charge is 0.149 e. The van der Waals surface area contributed by atoms with Crippen LogP contribution < -0.4 is 5.32 Å². The molecule has 0 saturated heterocycles. The van der Waals surface area contributed by atoms with Crippen LogP contribution in [0.25, 0.3) is 0 Å². The zero-order chi connectivity index (χ0) is 7.98. The van der Waals surface area contributed by atoms with E-state index in [1.807, 2.05) is 0 Å². The van der Waals surface area contributed by atoms with E-state index in [1.165, 1.54) is 0 Å². The molecule has 0 aromatic carbocycles. The average Bonchev–Trinajstić information content (AvgIpc) is 1.99. The summed E-state index contributed by atoms with van der Waals surface area (Å²) < 4.78 is 0. The van der Waals surface area contributed by atoms with Gasteiger partial charge in [0.25, 0.3) is 0 Å². The maximum absolute atomic E-state index is 10.1. The minimum Gasteiger partial charge on any atom is -0.388 e. The monoisotopic (exact) mass is 137 g/mol. The van der Waals surface area contributed by atoms with E-state index in [1.54, 1.807) is 19.2 Å². The molecule has 0 bridgehead atoms. The number of likely N-dealkylation sites (N-methyl/N-ethyl adjacent to an activating group) is 1. The van der Waals surface area contributed by atoms with Crippen LogP contribution in [0.15, 0.2) is 36.6 Å². The van der Waals surface area contributed by atoms with Crippen molar-refractivity contribution in [2.45, 2.75) is 0 Å².